The summed E-state index contributed by atoms with van der Waals surface area (Å²) in [4.78, 5) is 25.9. The third-order valence-electron chi connectivity index (χ3n) is 2.65. The van der Waals surface area contributed by atoms with E-state index >= 15 is 0 Å². The van der Waals surface area contributed by atoms with Crippen LogP contribution >= 0.6 is 7.60 Å². The van der Waals surface area contributed by atoms with E-state index < -0.39 is 7.60 Å². The number of hydrogen-bond acceptors (Lipinski definition) is 5. The summed E-state index contributed by atoms with van der Waals surface area (Å²) in [5, 5.41) is 3.08. The summed E-state index contributed by atoms with van der Waals surface area (Å²) in [7, 11) is -4.20. The smallest absolute Gasteiger partial charge is 0.356 e. The molecule has 1 aromatic rings. The lowest BCUT2D eigenvalue weighted by molar-refractivity contribution is 0.387. The van der Waals surface area contributed by atoms with Crippen molar-refractivity contribution in [1.29, 1.82) is 0 Å². The van der Waals surface area contributed by atoms with E-state index in [0.717, 1.165) is 11.4 Å². The van der Waals surface area contributed by atoms with Gasteiger partial charge < -0.3 is 20.8 Å². The Morgan fingerprint density at radius 1 is 1.33 bits per heavy atom. The molecule has 1 aromatic carbocycles. The Hall–Kier alpha value is -1.95. The highest BCUT2D eigenvalue weighted by Crippen LogP contribution is 2.33. The molecule has 1 rings (SSSR count). The second kappa shape index (κ2) is 7.17. The fourth-order valence-electron chi connectivity index (χ4n) is 1.50. The summed E-state index contributed by atoms with van der Waals surface area (Å²) in [6.45, 7) is 7.37. The van der Waals surface area contributed by atoms with Crippen LogP contribution in [-0.2, 0) is 4.57 Å². The molecule has 0 radical (unpaired) electrons. The molecule has 0 aliphatic heterocycles. The van der Waals surface area contributed by atoms with Gasteiger partial charge in [0.15, 0.2) is 0 Å². The number of allylic oxidation sites excluding steroid dienone is 1. The van der Waals surface area contributed by atoms with Gasteiger partial charge >= 0.3 is 7.60 Å². The van der Waals surface area contributed by atoms with E-state index in [-0.39, 0.29) is 11.1 Å². The maximum Gasteiger partial charge on any atom is 0.356 e. The SMILES string of the molecule is C=N/C(N)=C(\C)N=C(C)CNc1ccc(P(=O)(O)O)cc1. The highest BCUT2D eigenvalue weighted by atomic mass is 31.2. The molecule has 0 heterocycles. The summed E-state index contributed by atoms with van der Waals surface area (Å²) >= 11 is 0. The lowest BCUT2D eigenvalue weighted by atomic mass is 10.3. The van der Waals surface area contributed by atoms with Gasteiger partial charge in [0.25, 0.3) is 0 Å². The van der Waals surface area contributed by atoms with Gasteiger partial charge in [-0.25, -0.2) is 4.99 Å². The van der Waals surface area contributed by atoms with E-state index in [1.165, 1.54) is 12.1 Å². The fraction of sp³-hybridized carbons (Fsp3) is 0.231. The van der Waals surface area contributed by atoms with Gasteiger partial charge in [0.2, 0.25) is 0 Å². The molecule has 0 saturated carbocycles. The average Bonchev–Trinajstić information content (AvgIpc) is 2.43. The summed E-state index contributed by atoms with van der Waals surface area (Å²) in [5.41, 5.74) is 7.69. The van der Waals surface area contributed by atoms with Crippen LogP contribution in [0.4, 0.5) is 5.69 Å². The number of aliphatic imine (C=N–C) groups is 2. The molecule has 0 aliphatic carbocycles. The largest absolute Gasteiger partial charge is 0.382 e. The van der Waals surface area contributed by atoms with Gasteiger partial charge in [0, 0.05) is 11.4 Å². The molecule has 21 heavy (non-hydrogen) atoms. The van der Waals surface area contributed by atoms with Crippen LogP contribution in [0, 0.1) is 0 Å². The molecule has 0 aromatic heterocycles. The van der Waals surface area contributed by atoms with E-state index in [4.69, 9.17) is 15.5 Å². The van der Waals surface area contributed by atoms with Crippen LogP contribution in [0.15, 0.2) is 45.8 Å². The first kappa shape index (κ1) is 17.1. The van der Waals surface area contributed by atoms with E-state index in [1.54, 1.807) is 19.1 Å². The molecule has 0 spiro atoms. The van der Waals surface area contributed by atoms with Crippen LogP contribution in [0.2, 0.25) is 0 Å². The molecule has 7 nitrogen and oxygen atoms in total. The molecule has 0 atom stereocenters. The minimum Gasteiger partial charge on any atom is -0.382 e. The molecule has 0 bridgehead atoms. The Balaban J connectivity index is 2.70. The topological polar surface area (TPSA) is 120 Å². The first-order chi connectivity index (χ1) is 9.74. The number of nitrogens with two attached hydrogens (primary N) is 1. The molecule has 0 aliphatic rings. The van der Waals surface area contributed by atoms with E-state index in [9.17, 15) is 4.57 Å². The quantitative estimate of drug-likeness (QED) is 0.465. The minimum absolute atomic E-state index is 0.0120. The van der Waals surface area contributed by atoms with Gasteiger partial charge in [-0.05, 0) is 44.8 Å². The second-order valence-electron chi connectivity index (χ2n) is 4.42. The zero-order chi connectivity index (χ0) is 16.0. The van der Waals surface area contributed by atoms with Crippen LogP contribution in [0.1, 0.15) is 13.8 Å². The van der Waals surface area contributed by atoms with E-state index in [0.29, 0.717) is 12.2 Å². The zero-order valence-corrected chi connectivity index (χ0v) is 12.8. The predicted octanol–water partition coefficient (Wildman–Crippen LogP) is 1.21. The minimum atomic E-state index is -4.20. The Morgan fingerprint density at radius 2 is 1.90 bits per heavy atom. The van der Waals surface area contributed by atoms with Crippen molar-refractivity contribution in [2.24, 2.45) is 15.7 Å². The van der Waals surface area contributed by atoms with Crippen molar-refractivity contribution >= 4 is 31.0 Å². The van der Waals surface area contributed by atoms with E-state index in [2.05, 4.69) is 22.0 Å². The van der Waals surface area contributed by atoms with Crippen molar-refractivity contribution in [3.63, 3.8) is 0 Å². The van der Waals surface area contributed by atoms with E-state index in [1.807, 2.05) is 6.92 Å². The van der Waals surface area contributed by atoms with Gasteiger partial charge in [-0.1, -0.05) is 0 Å². The number of nitrogens with one attached hydrogen (secondary N) is 1. The second-order valence-corrected chi connectivity index (χ2v) is 6.02. The van der Waals surface area contributed by atoms with Crippen molar-refractivity contribution in [3.05, 3.63) is 35.8 Å². The maximum absolute atomic E-state index is 11.0. The van der Waals surface area contributed by atoms with Gasteiger partial charge in [-0.2, -0.15) is 0 Å². The van der Waals surface area contributed by atoms with Gasteiger partial charge in [-0.3, -0.25) is 9.56 Å². The molecular weight excluding hydrogens is 291 g/mol. The van der Waals surface area contributed by atoms with Crippen molar-refractivity contribution in [2.45, 2.75) is 13.8 Å². The highest BCUT2D eigenvalue weighted by Gasteiger charge is 2.15. The van der Waals surface area contributed by atoms with Crippen molar-refractivity contribution in [1.82, 2.24) is 0 Å². The zero-order valence-electron chi connectivity index (χ0n) is 11.9. The number of benzene rings is 1. The molecule has 0 amide bonds. The molecule has 8 heteroatoms. The van der Waals surface area contributed by atoms with Crippen LogP contribution in [0.3, 0.4) is 0 Å². The molecule has 0 saturated heterocycles. The summed E-state index contributed by atoms with van der Waals surface area (Å²) in [5.74, 6) is 0.278. The fourth-order valence-corrected chi connectivity index (χ4v) is 2.04. The van der Waals surface area contributed by atoms with Crippen LogP contribution in [0.5, 0.6) is 0 Å². The van der Waals surface area contributed by atoms with Crippen LogP contribution in [-0.4, -0.2) is 28.8 Å². The maximum atomic E-state index is 11.0. The Bertz CT molecular complexity index is 617. The van der Waals surface area contributed by atoms with Crippen molar-refractivity contribution in [3.8, 4) is 0 Å². The predicted molar refractivity (Wildman–Crippen MR) is 86.2 cm³/mol. The third-order valence-corrected chi connectivity index (χ3v) is 3.62. The first-order valence-electron chi connectivity index (χ1n) is 6.11. The molecule has 0 fully saturated rings. The van der Waals surface area contributed by atoms with Crippen LogP contribution in [0.25, 0.3) is 0 Å². The number of rotatable bonds is 6. The van der Waals surface area contributed by atoms with Crippen molar-refractivity contribution in [2.75, 3.05) is 11.9 Å². The summed E-state index contributed by atoms with van der Waals surface area (Å²) < 4.78 is 11.0. The average molecular weight is 310 g/mol. The summed E-state index contributed by atoms with van der Waals surface area (Å²) in [6.07, 6.45) is 0. The number of anilines is 1. The number of hydrogen-bond donors (Lipinski definition) is 4. The standard InChI is InChI=1S/C13H19N4O3P/c1-9(17-10(2)13(14)15-3)8-16-11-4-6-12(7-5-11)21(18,19)20/h4-7,16H,3,8,14H2,1-2H3,(H2,18,19,20)/b13-10+,17-9?. The monoisotopic (exact) mass is 310 g/mol. The van der Waals surface area contributed by atoms with Gasteiger partial charge in [0.05, 0.1) is 17.5 Å². The van der Waals surface area contributed by atoms with Gasteiger partial charge in [0.1, 0.15) is 5.82 Å². The Labute approximate surface area is 123 Å². The first-order valence-corrected chi connectivity index (χ1v) is 7.72. The molecule has 5 N–H and O–H groups in total. The number of nitrogens with zero attached hydrogens (tertiary/aromatic N) is 2. The lowest BCUT2D eigenvalue weighted by Crippen LogP contribution is -2.12. The Kier molecular flexibility index (Phi) is 5.84. The summed E-state index contributed by atoms with van der Waals surface area (Å²) in [6, 6.07) is 5.98. The van der Waals surface area contributed by atoms with Crippen molar-refractivity contribution < 1.29 is 14.4 Å². The Morgan fingerprint density at radius 3 is 2.38 bits per heavy atom. The third kappa shape index (κ3) is 5.51. The normalized spacial score (nSPS) is 13.6. The van der Waals surface area contributed by atoms with Crippen LogP contribution < -0.4 is 16.4 Å². The van der Waals surface area contributed by atoms with Gasteiger partial charge in [-0.15, -0.1) is 0 Å². The molecule has 114 valence electrons. The molecular formula is C13H19N4O3P. The highest BCUT2D eigenvalue weighted by molar-refractivity contribution is 7.60. The molecule has 0 unspecified atom stereocenters. The lowest BCUT2D eigenvalue weighted by Gasteiger charge is -2.08.